The molecule has 4 N–H and O–H groups in total. The Morgan fingerprint density at radius 2 is 2.04 bits per heavy atom. The molecule has 124 valence electrons. The molecule has 0 bridgehead atoms. The number of hydrogen-bond acceptors (Lipinski definition) is 4. The van der Waals surface area contributed by atoms with E-state index in [0.717, 1.165) is 16.1 Å². The minimum absolute atomic E-state index is 0.131. The number of amides is 1. The van der Waals surface area contributed by atoms with Crippen molar-refractivity contribution in [3.63, 3.8) is 0 Å². The van der Waals surface area contributed by atoms with E-state index in [4.69, 9.17) is 10.5 Å². The molecule has 5 nitrogen and oxygen atoms in total. The van der Waals surface area contributed by atoms with Gasteiger partial charge in [-0.1, -0.05) is 36.9 Å². The van der Waals surface area contributed by atoms with Crippen LogP contribution in [0.4, 0.5) is 11.4 Å². The minimum Gasteiger partial charge on any atom is -0.495 e. The van der Waals surface area contributed by atoms with Crippen molar-refractivity contribution in [2.45, 2.75) is 0 Å². The van der Waals surface area contributed by atoms with Crippen LogP contribution in [0, 0.1) is 0 Å². The van der Waals surface area contributed by atoms with Gasteiger partial charge in [0, 0.05) is 11.9 Å². The number of nitrogens with one attached hydrogen (secondary N) is 2. The van der Waals surface area contributed by atoms with Crippen molar-refractivity contribution in [1.82, 2.24) is 0 Å². The van der Waals surface area contributed by atoms with Crippen LogP contribution in [0.25, 0.3) is 12.3 Å². The summed E-state index contributed by atoms with van der Waals surface area (Å²) in [6.45, 7) is 3.81. The third-order valence-electron chi connectivity index (χ3n) is 3.39. The second-order valence-electron chi connectivity index (χ2n) is 5.01. The SMILES string of the molecule is C=C/C=c1/cc(NC(=O)CNc2ccccc2OC)cc/c1=C/N. The van der Waals surface area contributed by atoms with Gasteiger partial charge in [0.1, 0.15) is 5.75 Å². The Hall–Kier alpha value is -3.21. The zero-order chi connectivity index (χ0) is 17.4. The van der Waals surface area contributed by atoms with Gasteiger partial charge in [-0.3, -0.25) is 4.79 Å². The average molecular weight is 323 g/mol. The third-order valence-corrected chi connectivity index (χ3v) is 3.39. The van der Waals surface area contributed by atoms with Gasteiger partial charge in [-0.15, -0.1) is 0 Å². The summed E-state index contributed by atoms with van der Waals surface area (Å²) in [5.74, 6) is 0.533. The molecule has 0 aliphatic heterocycles. The van der Waals surface area contributed by atoms with Gasteiger partial charge >= 0.3 is 0 Å². The van der Waals surface area contributed by atoms with E-state index in [0.29, 0.717) is 11.4 Å². The molecular weight excluding hydrogens is 302 g/mol. The van der Waals surface area contributed by atoms with Crippen molar-refractivity contribution in [3.8, 4) is 5.75 Å². The summed E-state index contributed by atoms with van der Waals surface area (Å²) in [6.07, 6.45) is 5.03. The van der Waals surface area contributed by atoms with E-state index in [9.17, 15) is 4.79 Å². The lowest BCUT2D eigenvalue weighted by Crippen LogP contribution is -2.28. The van der Waals surface area contributed by atoms with E-state index >= 15 is 0 Å². The highest BCUT2D eigenvalue weighted by molar-refractivity contribution is 5.94. The molecule has 5 heteroatoms. The summed E-state index contributed by atoms with van der Waals surface area (Å²) < 4.78 is 5.24. The molecule has 2 rings (SSSR count). The maximum absolute atomic E-state index is 12.1. The molecule has 0 aromatic heterocycles. The summed E-state index contributed by atoms with van der Waals surface area (Å²) in [7, 11) is 1.59. The molecule has 0 aliphatic rings. The number of nitrogens with two attached hydrogens (primary N) is 1. The van der Waals surface area contributed by atoms with E-state index in [-0.39, 0.29) is 12.5 Å². The number of para-hydroxylation sites is 2. The number of anilines is 2. The maximum atomic E-state index is 12.1. The second kappa shape index (κ2) is 8.43. The molecule has 24 heavy (non-hydrogen) atoms. The number of rotatable bonds is 6. The van der Waals surface area contributed by atoms with Crippen LogP contribution in [0.1, 0.15) is 0 Å². The second-order valence-corrected chi connectivity index (χ2v) is 5.01. The number of allylic oxidation sites excluding steroid dienone is 1. The van der Waals surface area contributed by atoms with E-state index in [1.807, 2.05) is 42.5 Å². The molecule has 0 saturated carbocycles. The molecular formula is C19H21N3O2. The fourth-order valence-corrected chi connectivity index (χ4v) is 2.25. The monoisotopic (exact) mass is 323 g/mol. The normalized spacial score (nSPS) is 11.9. The quantitative estimate of drug-likeness (QED) is 0.751. The smallest absolute Gasteiger partial charge is 0.243 e. The lowest BCUT2D eigenvalue weighted by molar-refractivity contribution is -0.114. The van der Waals surface area contributed by atoms with Gasteiger partial charge in [-0.25, -0.2) is 0 Å². The average Bonchev–Trinajstić information content (AvgIpc) is 2.61. The van der Waals surface area contributed by atoms with Gasteiger partial charge in [0.2, 0.25) is 5.91 Å². The maximum Gasteiger partial charge on any atom is 0.243 e. The molecule has 1 amide bonds. The Morgan fingerprint density at radius 1 is 1.25 bits per heavy atom. The van der Waals surface area contributed by atoms with E-state index in [1.165, 1.54) is 6.20 Å². The first kappa shape index (κ1) is 17.1. The molecule has 0 radical (unpaired) electrons. The van der Waals surface area contributed by atoms with Crippen molar-refractivity contribution in [1.29, 1.82) is 0 Å². The van der Waals surface area contributed by atoms with Crippen molar-refractivity contribution in [2.24, 2.45) is 5.73 Å². The Morgan fingerprint density at radius 3 is 2.75 bits per heavy atom. The highest BCUT2D eigenvalue weighted by Crippen LogP contribution is 2.22. The van der Waals surface area contributed by atoms with Crippen molar-refractivity contribution >= 4 is 29.6 Å². The Bertz CT molecular complexity index is 844. The van der Waals surface area contributed by atoms with Crippen molar-refractivity contribution < 1.29 is 9.53 Å². The van der Waals surface area contributed by atoms with E-state index in [1.54, 1.807) is 19.3 Å². The van der Waals surface area contributed by atoms with Gasteiger partial charge in [-0.2, -0.15) is 0 Å². The van der Waals surface area contributed by atoms with Crippen LogP contribution in [-0.4, -0.2) is 19.6 Å². The van der Waals surface area contributed by atoms with Crippen LogP contribution in [0.15, 0.2) is 55.1 Å². The molecule has 0 aliphatic carbocycles. The predicted octanol–water partition coefficient (Wildman–Crippen LogP) is 1.41. The van der Waals surface area contributed by atoms with Gasteiger partial charge in [-0.05, 0) is 34.7 Å². The molecule has 0 fully saturated rings. The fourth-order valence-electron chi connectivity index (χ4n) is 2.25. The Kier molecular flexibility index (Phi) is 6.02. The standard InChI is InChI=1S/C19H21N3O2/c1-3-6-14-11-16(10-9-15(14)12-20)22-19(23)13-21-17-7-4-5-8-18(17)24-2/h3-12,21H,1,13,20H2,2H3,(H,22,23)/b14-6-,15-12-. The summed E-state index contributed by atoms with van der Waals surface area (Å²) >= 11 is 0. The minimum atomic E-state index is -0.157. The molecule has 0 unspecified atom stereocenters. The zero-order valence-corrected chi connectivity index (χ0v) is 13.6. The Balaban J connectivity index is 2.06. The zero-order valence-electron chi connectivity index (χ0n) is 13.6. The van der Waals surface area contributed by atoms with Gasteiger partial charge in [0.15, 0.2) is 0 Å². The summed E-state index contributed by atoms with van der Waals surface area (Å²) in [5.41, 5.74) is 7.05. The van der Waals surface area contributed by atoms with Crippen LogP contribution in [0.5, 0.6) is 5.75 Å². The van der Waals surface area contributed by atoms with Crippen molar-refractivity contribution in [3.05, 3.63) is 65.6 Å². The van der Waals surface area contributed by atoms with E-state index < -0.39 is 0 Å². The lowest BCUT2D eigenvalue weighted by Gasteiger charge is -2.11. The fraction of sp³-hybridized carbons (Fsp3) is 0.105. The highest BCUT2D eigenvalue weighted by atomic mass is 16.5. The largest absolute Gasteiger partial charge is 0.495 e. The summed E-state index contributed by atoms with van der Waals surface area (Å²) in [5, 5.41) is 7.67. The molecule has 0 spiro atoms. The van der Waals surface area contributed by atoms with Crippen LogP contribution in [0.3, 0.4) is 0 Å². The number of carbonyl (C=O) groups is 1. The van der Waals surface area contributed by atoms with Crippen LogP contribution < -0.4 is 31.5 Å². The number of carbonyl (C=O) groups excluding carboxylic acids is 1. The van der Waals surface area contributed by atoms with Crippen LogP contribution >= 0.6 is 0 Å². The number of methoxy groups -OCH3 is 1. The molecule has 2 aromatic rings. The first-order valence-electron chi connectivity index (χ1n) is 7.49. The van der Waals surface area contributed by atoms with Gasteiger partial charge in [0.25, 0.3) is 0 Å². The summed E-state index contributed by atoms with van der Waals surface area (Å²) in [4.78, 5) is 12.1. The van der Waals surface area contributed by atoms with Gasteiger partial charge in [0.05, 0.1) is 19.3 Å². The lowest BCUT2D eigenvalue weighted by atomic mass is 10.2. The number of hydrogen-bond donors (Lipinski definition) is 3. The van der Waals surface area contributed by atoms with Crippen LogP contribution in [0.2, 0.25) is 0 Å². The van der Waals surface area contributed by atoms with Crippen molar-refractivity contribution in [2.75, 3.05) is 24.3 Å². The third kappa shape index (κ3) is 4.39. The van der Waals surface area contributed by atoms with Crippen LogP contribution in [-0.2, 0) is 4.79 Å². The van der Waals surface area contributed by atoms with E-state index in [2.05, 4.69) is 17.2 Å². The molecule has 0 atom stereocenters. The molecule has 2 aromatic carbocycles. The van der Waals surface area contributed by atoms with Gasteiger partial charge < -0.3 is 21.1 Å². The molecule has 0 saturated heterocycles. The number of benzene rings is 2. The number of ether oxygens (including phenoxy) is 1. The first-order valence-corrected chi connectivity index (χ1v) is 7.49. The summed E-state index contributed by atoms with van der Waals surface area (Å²) in [6, 6.07) is 12.9. The predicted molar refractivity (Wildman–Crippen MR) is 99.1 cm³/mol. The highest BCUT2D eigenvalue weighted by Gasteiger charge is 2.05. The topological polar surface area (TPSA) is 76.4 Å². The first-order chi connectivity index (χ1) is 11.7. The Labute approximate surface area is 141 Å². The molecule has 0 heterocycles.